The fourth-order valence-electron chi connectivity index (χ4n) is 2.10. The Morgan fingerprint density at radius 3 is 2.71 bits per heavy atom. The molecule has 1 fully saturated rings. The third-order valence-corrected chi connectivity index (χ3v) is 3.34. The van der Waals surface area contributed by atoms with Gasteiger partial charge in [-0.25, -0.2) is 4.39 Å². The van der Waals surface area contributed by atoms with Crippen LogP contribution in [0.15, 0.2) is 18.2 Å². The fraction of sp³-hybridized carbons (Fsp3) is 0.462. The summed E-state index contributed by atoms with van der Waals surface area (Å²) in [5, 5.41) is 15.1. The Kier molecular flexibility index (Phi) is 4.20. The molecule has 3 N–H and O–H groups in total. The summed E-state index contributed by atoms with van der Waals surface area (Å²) in [5.41, 5.74) is -2.96. The van der Waals surface area contributed by atoms with E-state index in [4.69, 9.17) is 0 Å². The molecule has 1 heterocycles. The van der Waals surface area contributed by atoms with Gasteiger partial charge in [-0.2, -0.15) is 13.2 Å². The second kappa shape index (κ2) is 5.61. The maximum Gasteiger partial charge on any atom is 0.416 e. The summed E-state index contributed by atoms with van der Waals surface area (Å²) in [6.07, 6.45) is -4.26. The minimum Gasteiger partial charge on any atom is -0.387 e. The van der Waals surface area contributed by atoms with Crippen molar-refractivity contribution in [2.24, 2.45) is 0 Å². The number of alkyl halides is 3. The highest BCUT2D eigenvalue weighted by molar-refractivity contribution is 5.94. The van der Waals surface area contributed by atoms with Gasteiger partial charge in [0.25, 0.3) is 5.91 Å². The average molecular weight is 306 g/mol. The quantitative estimate of drug-likeness (QED) is 0.738. The van der Waals surface area contributed by atoms with Crippen molar-refractivity contribution in [3.8, 4) is 0 Å². The van der Waals surface area contributed by atoms with Crippen LogP contribution in [-0.2, 0) is 6.18 Å². The number of hydrogen-bond donors (Lipinski definition) is 3. The maximum absolute atomic E-state index is 13.5. The molecule has 116 valence electrons. The third kappa shape index (κ3) is 3.70. The molecular weight excluding hydrogens is 292 g/mol. The van der Waals surface area contributed by atoms with E-state index in [1.807, 2.05) is 0 Å². The molecule has 1 aliphatic rings. The van der Waals surface area contributed by atoms with Crippen LogP contribution >= 0.6 is 0 Å². The summed E-state index contributed by atoms with van der Waals surface area (Å²) in [7, 11) is 0. The average Bonchev–Trinajstić information content (AvgIpc) is 2.83. The summed E-state index contributed by atoms with van der Waals surface area (Å²) in [6.45, 7) is 0.678. The molecule has 21 heavy (non-hydrogen) atoms. The maximum atomic E-state index is 13.5. The van der Waals surface area contributed by atoms with E-state index in [-0.39, 0.29) is 13.1 Å². The van der Waals surface area contributed by atoms with Gasteiger partial charge in [0.1, 0.15) is 5.82 Å². The topological polar surface area (TPSA) is 61.4 Å². The minimum atomic E-state index is -4.66. The Bertz CT molecular complexity index is 539. The zero-order chi connectivity index (χ0) is 15.7. The van der Waals surface area contributed by atoms with Crippen LogP contribution in [0.1, 0.15) is 22.3 Å². The highest BCUT2D eigenvalue weighted by atomic mass is 19.4. The van der Waals surface area contributed by atoms with E-state index in [9.17, 15) is 27.5 Å². The second-order valence-corrected chi connectivity index (χ2v) is 5.03. The van der Waals surface area contributed by atoms with Crippen LogP contribution < -0.4 is 10.6 Å². The SMILES string of the molecule is O=C(NCC1(O)CCNC1)c1cc(C(F)(F)F)ccc1F. The summed E-state index contributed by atoms with van der Waals surface area (Å²) in [4.78, 5) is 11.8. The van der Waals surface area contributed by atoms with Gasteiger partial charge >= 0.3 is 6.18 Å². The standard InChI is InChI=1S/C13H14F4N2O2/c14-10-2-1-8(13(15,16)17)5-9(10)11(20)19-7-12(21)3-4-18-6-12/h1-2,5,18,21H,3-4,6-7H2,(H,19,20). The molecule has 0 spiro atoms. The Labute approximate surface area is 118 Å². The van der Waals surface area contributed by atoms with Gasteiger partial charge in [-0.1, -0.05) is 0 Å². The first-order chi connectivity index (χ1) is 9.71. The van der Waals surface area contributed by atoms with Crippen molar-refractivity contribution in [3.05, 3.63) is 35.1 Å². The first-order valence-electron chi connectivity index (χ1n) is 6.29. The number of carbonyl (C=O) groups is 1. The second-order valence-electron chi connectivity index (χ2n) is 5.03. The number of rotatable bonds is 3. The van der Waals surface area contributed by atoms with Crippen LogP contribution in [0.25, 0.3) is 0 Å². The molecular formula is C13H14F4N2O2. The van der Waals surface area contributed by atoms with Gasteiger partial charge in [0.2, 0.25) is 0 Å². The highest BCUT2D eigenvalue weighted by Crippen LogP contribution is 2.30. The normalized spacial score (nSPS) is 22.3. The van der Waals surface area contributed by atoms with Crippen molar-refractivity contribution in [1.29, 1.82) is 0 Å². The lowest BCUT2D eigenvalue weighted by Gasteiger charge is -2.21. The van der Waals surface area contributed by atoms with E-state index < -0.39 is 34.6 Å². The molecule has 0 aliphatic carbocycles. The third-order valence-electron chi connectivity index (χ3n) is 3.34. The lowest BCUT2D eigenvalue weighted by Crippen LogP contribution is -2.44. The number of carbonyl (C=O) groups excluding carboxylic acids is 1. The predicted molar refractivity (Wildman–Crippen MR) is 66.2 cm³/mol. The summed E-state index contributed by atoms with van der Waals surface area (Å²) >= 11 is 0. The molecule has 0 radical (unpaired) electrons. The molecule has 0 aromatic heterocycles. The first-order valence-corrected chi connectivity index (χ1v) is 6.29. The van der Waals surface area contributed by atoms with Gasteiger partial charge in [0.05, 0.1) is 16.7 Å². The number of aliphatic hydroxyl groups is 1. The van der Waals surface area contributed by atoms with Crippen molar-refractivity contribution < 1.29 is 27.5 Å². The zero-order valence-electron chi connectivity index (χ0n) is 10.9. The first kappa shape index (κ1) is 15.7. The molecule has 1 amide bonds. The summed E-state index contributed by atoms with van der Waals surface area (Å²) in [5.74, 6) is -2.03. The molecule has 1 atom stereocenters. The van der Waals surface area contributed by atoms with Crippen LogP contribution in [0.2, 0.25) is 0 Å². The van der Waals surface area contributed by atoms with Crippen LogP contribution in [0.4, 0.5) is 17.6 Å². The van der Waals surface area contributed by atoms with Crippen LogP contribution in [0, 0.1) is 5.82 Å². The van der Waals surface area contributed by atoms with Crippen molar-refractivity contribution in [2.75, 3.05) is 19.6 Å². The van der Waals surface area contributed by atoms with Gasteiger partial charge in [-0.05, 0) is 31.2 Å². The lowest BCUT2D eigenvalue weighted by atomic mass is 10.0. The van der Waals surface area contributed by atoms with E-state index in [0.717, 1.165) is 0 Å². The Balaban J connectivity index is 2.11. The Hall–Kier alpha value is -1.67. The number of halogens is 4. The monoisotopic (exact) mass is 306 g/mol. The Morgan fingerprint density at radius 2 is 2.14 bits per heavy atom. The van der Waals surface area contributed by atoms with Gasteiger partial charge in [0.15, 0.2) is 0 Å². The largest absolute Gasteiger partial charge is 0.416 e. The Morgan fingerprint density at radius 1 is 1.43 bits per heavy atom. The van der Waals surface area contributed by atoms with E-state index in [1.165, 1.54) is 0 Å². The molecule has 1 aliphatic heterocycles. The molecule has 1 aromatic rings. The number of β-amino-alcohol motifs (C(OH)–C–C–N with tert-alkyl or cyclic N) is 1. The van der Waals surface area contributed by atoms with E-state index in [2.05, 4.69) is 10.6 Å². The molecule has 1 saturated heterocycles. The molecule has 4 nitrogen and oxygen atoms in total. The summed E-state index contributed by atoms with van der Waals surface area (Å²) < 4.78 is 51.2. The van der Waals surface area contributed by atoms with Gasteiger partial charge in [0, 0.05) is 13.1 Å². The molecule has 2 rings (SSSR count). The molecule has 1 aromatic carbocycles. The van der Waals surface area contributed by atoms with Crippen molar-refractivity contribution in [1.82, 2.24) is 10.6 Å². The summed E-state index contributed by atoms with van der Waals surface area (Å²) in [6, 6.07) is 1.63. The van der Waals surface area contributed by atoms with E-state index in [0.29, 0.717) is 31.2 Å². The number of benzene rings is 1. The van der Waals surface area contributed by atoms with Crippen LogP contribution in [-0.4, -0.2) is 36.2 Å². The number of amides is 1. The molecule has 0 bridgehead atoms. The number of nitrogens with one attached hydrogen (secondary N) is 2. The number of hydrogen-bond acceptors (Lipinski definition) is 3. The smallest absolute Gasteiger partial charge is 0.387 e. The zero-order valence-corrected chi connectivity index (χ0v) is 10.9. The van der Waals surface area contributed by atoms with Crippen molar-refractivity contribution in [3.63, 3.8) is 0 Å². The molecule has 8 heteroatoms. The van der Waals surface area contributed by atoms with E-state index >= 15 is 0 Å². The van der Waals surface area contributed by atoms with Gasteiger partial charge in [-0.15, -0.1) is 0 Å². The van der Waals surface area contributed by atoms with Gasteiger partial charge in [-0.3, -0.25) is 4.79 Å². The van der Waals surface area contributed by atoms with Crippen LogP contribution in [0.5, 0.6) is 0 Å². The van der Waals surface area contributed by atoms with Gasteiger partial charge < -0.3 is 15.7 Å². The highest BCUT2D eigenvalue weighted by Gasteiger charge is 2.33. The predicted octanol–water partition coefficient (Wildman–Crippen LogP) is 1.30. The van der Waals surface area contributed by atoms with E-state index in [1.54, 1.807) is 0 Å². The lowest BCUT2D eigenvalue weighted by molar-refractivity contribution is -0.137. The molecule has 0 saturated carbocycles. The fourth-order valence-corrected chi connectivity index (χ4v) is 2.10. The van der Waals surface area contributed by atoms with Crippen molar-refractivity contribution in [2.45, 2.75) is 18.2 Å². The molecule has 1 unspecified atom stereocenters. The van der Waals surface area contributed by atoms with Crippen LogP contribution in [0.3, 0.4) is 0 Å². The van der Waals surface area contributed by atoms with Crippen molar-refractivity contribution >= 4 is 5.91 Å². The minimum absolute atomic E-state index is 0.158.